The number of carbonyl (C=O) groups excluding carboxylic acids is 3. The van der Waals surface area contributed by atoms with Crippen LogP contribution in [0, 0.1) is 0 Å². The van der Waals surface area contributed by atoms with Gasteiger partial charge in [-0.05, 0) is 64.2 Å². The van der Waals surface area contributed by atoms with E-state index in [1.165, 1.54) is 205 Å². The van der Waals surface area contributed by atoms with Gasteiger partial charge in [0, 0.05) is 19.3 Å². The third-order valence-electron chi connectivity index (χ3n) is 14.5. The smallest absolute Gasteiger partial charge is 0.306 e. The van der Waals surface area contributed by atoms with Gasteiger partial charge >= 0.3 is 17.9 Å². The van der Waals surface area contributed by atoms with E-state index in [1.54, 1.807) is 0 Å². The molecule has 0 fully saturated rings. The molecule has 75 heavy (non-hydrogen) atoms. The summed E-state index contributed by atoms with van der Waals surface area (Å²) in [5.41, 5.74) is 0. The lowest BCUT2D eigenvalue weighted by molar-refractivity contribution is -0.167. The molecule has 0 N–H and O–H groups in total. The Bertz CT molecular complexity index is 1340. The van der Waals surface area contributed by atoms with Crippen molar-refractivity contribution in [1.29, 1.82) is 0 Å². The summed E-state index contributed by atoms with van der Waals surface area (Å²) in [6, 6.07) is 0. The molecule has 0 radical (unpaired) electrons. The summed E-state index contributed by atoms with van der Waals surface area (Å²) in [5.74, 6) is -0.890. The van der Waals surface area contributed by atoms with E-state index in [2.05, 4.69) is 81.5 Å². The minimum Gasteiger partial charge on any atom is -0.462 e. The third-order valence-corrected chi connectivity index (χ3v) is 14.5. The van der Waals surface area contributed by atoms with E-state index < -0.39 is 6.10 Å². The monoisotopic (exact) mass is 1050 g/mol. The molecule has 1 atom stereocenters. The lowest BCUT2D eigenvalue weighted by Crippen LogP contribution is -2.30. The predicted molar refractivity (Wildman–Crippen MR) is 325 cm³/mol. The number of hydrogen-bond donors (Lipinski definition) is 0. The van der Waals surface area contributed by atoms with Crippen LogP contribution in [0.2, 0.25) is 0 Å². The molecule has 0 unspecified atom stereocenters. The van der Waals surface area contributed by atoms with Gasteiger partial charge in [0.15, 0.2) is 6.10 Å². The second kappa shape index (κ2) is 63.6. The van der Waals surface area contributed by atoms with Crippen molar-refractivity contribution < 1.29 is 28.6 Å². The zero-order chi connectivity index (χ0) is 54.3. The van der Waals surface area contributed by atoms with Crippen molar-refractivity contribution in [2.75, 3.05) is 13.2 Å². The number of carbonyl (C=O) groups is 3. The van der Waals surface area contributed by atoms with Gasteiger partial charge in [-0.3, -0.25) is 14.4 Å². The van der Waals surface area contributed by atoms with Gasteiger partial charge in [-0.25, -0.2) is 0 Å². The summed E-state index contributed by atoms with van der Waals surface area (Å²) in [6.07, 6.45) is 80.9. The largest absolute Gasteiger partial charge is 0.462 e. The molecule has 6 heteroatoms. The fourth-order valence-electron chi connectivity index (χ4n) is 9.65. The fourth-order valence-corrected chi connectivity index (χ4v) is 9.65. The molecule has 0 aliphatic rings. The molecule has 0 saturated heterocycles. The summed E-state index contributed by atoms with van der Waals surface area (Å²) < 4.78 is 16.9. The summed E-state index contributed by atoms with van der Waals surface area (Å²) in [7, 11) is 0. The second-order valence-electron chi connectivity index (χ2n) is 22.0. The molecule has 0 rings (SSSR count). The summed E-state index contributed by atoms with van der Waals surface area (Å²) in [4.78, 5) is 38.4. The molecule has 6 nitrogen and oxygen atoms in total. The second-order valence-corrected chi connectivity index (χ2v) is 22.0. The molecule has 0 saturated carbocycles. The van der Waals surface area contributed by atoms with Gasteiger partial charge < -0.3 is 14.2 Å². The van der Waals surface area contributed by atoms with Gasteiger partial charge in [0.05, 0.1) is 0 Å². The topological polar surface area (TPSA) is 78.9 Å². The van der Waals surface area contributed by atoms with Crippen molar-refractivity contribution in [1.82, 2.24) is 0 Å². The molecule has 0 aliphatic heterocycles. The van der Waals surface area contributed by atoms with Crippen molar-refractivity contribution in [3.63, 3.8) is 0 Å². The van der Waals surface area contributed by atoms with Crippen molar-refractivity contribution in [2.45, 2.75) is 348 Å². The first-order valence-corrected chi connectivity index (χ1v) is 32.8. The predicted octanol–water partition coefficient (Wildman–Crippen LogP) is 22.3. The van der Waals surface area contributed by atoms with Gasteiger partial charge in [0.2, 0.25) is 0 Å². The van der Waals surface area contributed by atoms with Gasteiger partial charge in [-0.1, -0.05) is 319 Å². The van der Waals surface area contributed by atoms with Crippen molar-refractivity contribution in [3.8, 4) is 0 Å². The Morgan fingerprint density at radius 3 is 0.813 bits per heavy atom. The quantitative estimate of drug-likeness (QED) is 0.0261. The van der Waals surface area contributed by atoms with E-state index in [1.807, 2.05) is 0 Å². The maximum absolute atomic E-state index is 12.9. The maximum atomic E-state index is 12.9. The molecule has 436 valence electrons. The standard InChI is InChI=1S/C69H124O6/c1-4-7-10-13-16-19-22-25-28-31-34-37-40-43-46-49-52-55-58-61-67(70)73-64-66(75-69(72)63-60-57-54-51-48-45-42-39-36-33-30-27-24-21-18-15-12-9-6-3)65-74-68(71)62-59-56-53-50-47-44-41-38-35-32-29-26-23-20-17-14-11-8-5-2/h7,10,16,19,25,28,34,37,43,46,66H,4-6,8-9,11-15,17-18,20-24,26-27,29-33,35-36,38-42,44-45,47-65H2,1-3H3/b10-7+,19-16+,28-25+,37-34+,46-43+/t66-/m0/s1. The molecule has 0 aromatic heterocycles. The summed E-state index contributed by atoms with van der Waals surface area (Å²) >= 11 is 0. The number of hydrogen-bond acceptors (Lipinski definition) is 6. The minimum absolute atomic E-state index is 0.0799. The first-order valence-electron chi connectivity index (χ1n) is 32.8. The lowest BCUT2D eigenvalue weighted by Gasteiger charge is -2.18. The van der Waals surface area contributed by atoms with Crippen LogP contribution >= 0.6 is 0 Å². The van der Waals surface area contributed by atoms with Crippen molar-refractivity contribution in [3.05, 3.63) is 60.8 Å². The van der Waals surface area contributed by atoms with Crippen LogP contribution in [0.5, 0.6) is 0 Å². The maximum Gasteiger partial charge on any atom is 0.306 e. The number of allylic oxidation sites excluding steroid dienone is 10. The zero-order valence-corrected chi connectivity index (χ0v) is 50.1. The minimum atomic E-state index is -0.786. The van der Waals surface area contributed by atoms with E-state index in [0.717, 1.165) is 96.3 Å². The summed E-state index contributed by atoms with van der Waals surface area (Å²) in [5, 5.41) is 0. The van der Waals surface area contributed by atoms with Gasteiger partial charge in [0.25, 0.3) is 0 Å². The molecule has 0 aliphatic carbocycles. The van der Waals surface area contributed by atoms with Crippen molar-refractivity contribution in [2.24, 2.45) is 0 Å². The Hall–Kier alpha value is -2.89. The highest BCUT2D eigenvalue weighted by atomic mass is 16.6. The first-order chi connectivity index (χ1) is 37.0. The molecule has 0 heterocycles. The van der Waals surface area contributed by atoms with Crippen LogP contribution in [0.25, 0.3) is 0 Å². The normalized spacial score (nSPS) is 12.4. The number of esters is 3. The SMILES string of the molecule is CC/C=C/C/C=C/C/C=C/C/C=C/C/C=C/CCCCCC(=O)OC[C@@H](COC(=O)CCCCCCCCCCCCCCCCCCCCC)OC(=O)CCCCCCCCCCCCCCCCCCCCC. The van der Waals surface area contributed by atoms with Crippen LogP contribution in [-0.4, -0.2) is 37.2 Å². The van der Waals surface area contributed by atoms with Gasteiger partial charge in [-0.2, -0.15) is 0 Å². The highest BCUT2D eigenvalue weighted by Crippen LogP contribution is 2.18. The van der Waals surface area contributed by atoms with E-state index in [0.29, 0.717) is 19.3 Å². The molecular weight excluding hydrogens is 925 g/mol. The van der Waals surface area contributed by atoms with Crippen LogP contribution in [0.1, 0.15) is 342 Å². The Morgan fingerprint density at radius 2 is 0.520 bits per heavy atom. The van der Waals surface area contributed by atoms with E-state index in [-0.39, 0.29) is 31.1 Å². The molecule has 0 aromatic rings. The first kappa shape index (κ1) is 72.1. The average molecular weight is 1050 g/mol. The van der Waals surface area contributed by atoms with Crippen LogP contribution in [-0.2, 0) is 28.6 Å². The van der Waals surface area contributed by atoms with Crippen molar-refractivity contribution >= 4 is 17.9 Å². The van der Waals surface area contributed by atoms with Gasteiger partial charge in [-0.15, -0.1) is 0 Å². The van der Waals surface area contributed by atoms with E-state index in [4.69, 9.17) is 14.2 Å². The molecular formula is C69H124O6. The molecule has 0 bridgehead atoms. The van der Waals surface area contributed by atoms with Crippen LogP contribution < -0.4 is 0 Å². The Labute approximate surface area is 466 Å². The molecule has 0 spiro atoms. The zero-order valence-electron chi connectivity index (χ0n) is 50.1. The highest BCUT2D eigenvalue weighted by molar-refractivity contribution is 5.71. The Balaban J connectivity index is 4.38. The van der Waals surface area contributed by atoms with Gasteiger partial charge in [0.1, 0.15) is 13.2 Å². The fraction of sp³-hybridized carbons (Fsp3) is 0.812. The summed E-state index contributed by atoms with van der Waals surface area (Å²) in [6.45, 7) is 6.56. The van der Waals surface area contributed by atoms with Crippen LogP contribution in [0.3, 0.4) is 0 Å². The highest BCUT2D eigenvalue weighted by Gasteiger charge is 2.19. The Morgan fingerprint density at radius 1 is 0.280 bits per heavy atom. The Kier molecular flexibility index (Phi) is 61.2. The van der Waals surface area contributed by atoms with Crippen LogP contribution in [0.4, 0.5) is 0 Å². The lowest BCUT2D eigenvalue weighted by atomic mass is 10.0. The molecule has 0 aromatic carbocycles. The number of ether oxygens (including phenoxy) is 3. The van der Waals surface area contributed by atoms with E-state index >= 15 is 0 Å². The number of unbranched alkanes of at least 4 members (excludes halogenated alkanes) is 39. The molecule has 0 amide bonds. The number of rotatable bonds is 60. The third kappa shape index (κ3) is 61.8. The van der Waals surface area contributed by atoms with Crippen LogP contribution in [0.15, 0.2) is 60.8 Å². The van der Waals surface area contributed by atoms with E-state index in [9.17, 15) is 14.4 Å². The average Bonchev–Trinajstić information content (AvgIpc) is 3.41.